The Kier molecular flexibility index (Phi) is 2.71. The molecule has 2 rings (SSSR count). The van der Waals surface area contributed by atoms with E-state index in [-0.39, 0.29) is 5.91 Å². The van der Waals surface area contributed by atoms with E-state index in [4.69, 9.17) is 0 Å². The van der Waals surface area contributed by atoms with Crippen LogP contribution in [0.2, 0.25) is 0 Å². The summed E-state index contributed by atoms with van der Waals surface area (Å²) in [5.41, 5.74) is 4.36. The molecule has 1 heterocycles. The van der Waals surface area contributed by atoms with Crippen LogP contribution >= 0.6 is 0 Å². The Morgan fingerprint density at radius 3 is 2.87 bits per heavy atom. The summed E-state index contributed by atoms with van der Waals surface area (Å²) in [5.74, 6) is -0.00614. The summed E-state index contributed by atoms with van der Waals surface area (Å²) < 4.78 is 0. The molecule has 0 saturated heterocycles. The summed E-state index contributed by atoms with van der Waals surface area (Å²) in [6.45, 7) is 3.52. The maximum absolute atomic E-state index is 11.1. The smallest absolute Gasteiger partial charge is 0.221 e. The summed E-state index contributed by atoms with van der Waals surface area (Å²) in [6.07, 6.45) is 4.50. The summed E-state index contributed by atoms with van der Waals surface area (Å²) in [4.78, 5) is 15.6. The van der Waals surface area contributed by atoms with Crippen molar-refractivity contribution in [2.24, 2.45) is 0 Å². The van der Waals surface area contributed by atoms with Crippen LogP contribution in [0.3, 0.4) is 0 Å². The highest BCUT2D eigenvalue weighted by atomic mass is 16.1. The van der Waals surface area contributed by atoms with Gasteiger partial charge in [0, 0.05) is 24.0 Å². The number of nitrogens with zero attached hydrogens (tertiary/aromatic N) is 1. The van der Waals surface area contributed by atoms with Crippen LogP contribution in [0.1, 0.15) is 36.7 Å². The van der Waals surface area contributed by atoms with E-state index in [2.05, 4.69) is 10.3 Å². The quantitative estimate of drug-likeness (QED) is 0.762. The second-order valence-corrected chi connectivity index (χ2v) is 4.12. The molecular weight excluding hydrogens is 188 g/mol. The molecule has 0 saturated carbocycles. The van der Waals surface area contributed by atoms with Gasteiger partial charge in [-0.3, -0.25) is 9.78 Å². The fourth-order valence-corrected chi connectivity index (χ4v) is 2.15. The molecule has 0 fully saturated rings. The summed E-state index contributed by atoms with van der Waals surface area (Å²) in [5, 5.41) is 2.89. The molecule has 1 aliphatic rings. The van der Waals surface area contributed by atoms with Crippen molar-refractivity contribution < 1.29 is 4.79 Å². The second kappa shape index (κ2) is 4.01. The van der Waals surface area contributed by atoms with Crippen LogP contribution in [0.4, 0.5) is 5.69 Å². The van der Waals surface area contributed by atoms with Gasteiger partial charge >= 0.3 is 0 Å². The van der Waals surface area contributed by atoms with Crippen molar-refractivity contribution in [3.05, 3.63) is 23.0 Å². The van der Waals surface area contributed by atoms with Crippen LogP contribution < -0.4 is 5.32 Å². The highest BCUT2D eigenvalue weighted by Gasteiger charge is 2.15. The highest BCUT2D eigenvalue weighted by Crippen LogP contribution is 2.27. The summed E-state index contributed by atoms with van der Waals surface area (Å²) >= 11 is 0. The van der Waals surface area contributed by atoms with Crippen molar-refractivity contribution in [1.29, 1.82) is 0 Å². The van der Waals surface area contributed by atoms with E-state index in [0.717, 1.165) is 24.2 Å². The van der Waals surface area contributed by atoms with Gasteiger partial charge in [0.2, 0.25) is 5.91 Å². The van der Waals surface area contributed by atoms with E-state index in [1.54, 1.807) is 6.92 Å². The van der Waals surface area contributed by atoms with E-state index in [0.29, 0.717) is 0 Å². The van der Waals surface area contributed by atoms with Gasteiger partial charge in [-0.15, -0.1) is 0 Å². The molecule has 1 aromatic heterocycles. The van der Waals surface area contributed by atoms with Gasteiger partial charge in [0.1, 0.15) is 0 Å². The fourth-order valence-electron chi connectivity index (χ4n) is 2.15. The SMILES string of the molecule is CC(=O)Nc1cc(C)nc2c1CCCC2. The third-order valence-corrected chi connectivity index (χ3v) is 2.74. The van der Waals surface area contributed by atoms with Crippen molar-refractivity contribution >= 4 is 11.6 Å². The van der Waals surface area contributed by atoms with Gasteiger partial charge < -0.3 is 5.32 Å². The molecule has 15 heavy (non-hydrogen) atoms. The lowest BCUT2D eigenvalue weighted by Gasteiger charge is -2.19. The van der Waals surface area contributed by atoms with Gasteiger partial charge in [0.05, 0.1) is 0 Å². The monoisotopic (exact) mass is 204 g/mol. The van der Waals surface area contributed by atoms with E-state index >= 15 is 0 Å². The first-order valence-electron chi connectivity index (χ1n) is 5.44. The minimum atomic E-state index is -0.00614. The molecule has 1 aromatic rings. The minimum absolute atomic E-state index is 0.00614. The summed E-state index contributed by atoms with van der Waals surface area (Å²) in [7, 11) is 0. The topological polar surface area (TPSA) is 42.0 Å². The molecule has 1 N–H and O–H groups in total. The van der Waals surface area contributed by atoms with Gasteiger partial charge in [-0.2, -0.15) is 0 Å². The number of anilines is 1. The number of nitrogens with one attached hydrogen (secondary N) is 1. The van der Waals surface area contributed by atoms with E-state index in [9.17, 15) is 4.79 Å². The lowest BCUT2D eigenvalue weighted by Crippen LogP contribution is -2.14. The number of fused-ring (bicyclic) bond motifs is 1. The number of hydrogen-bond donors (Lipinski definition) is 1. The first kappa shape index (κ1) is 10.1. The van der Waals surface area contributed by atoms with Gasteiger partial charge in [-0.05, 0) is 44.2 Å². The first-order chi connectivity index (χ1) is 7.16. The average Bonchev–Trinajstić information content (AvgIpc) is 2.16. The molecule has 3 heteroatoms. The lowest BCUT2D eigenvalue weighted by molar-refractivity contribution is -0.114. The minimum Gasteiger partial charge on any atom is -0.326 e. The molecule has 1 amide bonds. The average molecular weight is 204 g/mol. The van der Waals surface area contributed by atoms with Crippen LogP contribution in [0.25, 0.3) is 0 Å². The molecule has 0 spiro atoms. The highest BCUT2D eigenvalue weighted by molar-refractivity contribution is 5.89. The maximum atomic E-state index is 11.1. The zero-order valence-corrected chi connectivity index (χ0v) is 9.26. The first-order valence-corrected chi connectivity index (χ1v) is 5.44. The lowest BCUT2D eigenvalue weighted by atomic mass is 9.94. The van der Waals surface area contributed by atoms with Gasteiger partial charge in [0.25, 0.3) is 0 Å². The van der Waals surface area contributed by atoms with Crippen molar-refractivity contribution in [2.75, 3.05) is 5.32 Å². The number of carbonyl (C=O) groups is 1. The predicted molar refractivity (Wildman–Crippen MR) is 59.9 cm³/mol. The Labute approximate surface area is 89.9 Å². The number of aromatic nitrogens is 1. The molecule has 0 unspecified atom stereocenters. The normalized spacial score (nSPS) is 14.5. The van der Waals surface area contributed by atoms with Crippen LogP contribution in [-0.4, -0.2) is 10.9 Å². The molecule has 0 bridgehead atoms. The van der Waals surface area contributed by atoms with Crippen LogP contribution in [0, 0.1) is 6.92 Å². The standard InChI is InChI=1S/C12H16N2O/c1-8-7-12(14-9(2)15)10-5-3-4-6-11(10)13-8/h7H,3-6H2,1-2H3,(H,13,14,15). The molecule has 0 radical (unpaired) electrons. The molecule has 0 aromatic carbocycles. The van der Waals surface area contributed by atoms with Crippen LogP contribution in [-0.2, 0) is 17.6 Å². The Morgan fingerprint density at radius 1 is 1.40 bits per heavy atom. The van der Waals surface area contributed by atoms with Gasteiger partial charge in [-0.25, -0.2) is 0 Å². The number of carbonyl (C=O) groups excluding carboxylic acids is 1. The fraction of sp³-hybridized carbons (Fsp3) is 0.500. The van der Waals surface area contributed by atoms with E-state index < -0.39 is 0 Å². The largest absolute Gasteiger partial charge is 0.326 e. The molecule has 80 valence electrons. The van der Waals surface area contributed by atoms with Crippen molar-refractivity contribution in [3.8, 4) is 0 Å². The van der Waals surface area contributed by atoms with E-state index in [1.165, 1.54) is 24.1 Å². The number of pyridine rings is 1. The van der Waals surface area contributed by atoms with Crippen molar-refractivity contribution in [2.45, 2.75) is 39.5 Å². The third kappa shape index (κ3) is 2.17. The third-order valence-electron chi connectivity index (χ3n) is 2.74. The summed E-state index contributed by atoms with van der Waals surface area (Å²) in [6, 6.07) is 1.96. The molecular formula is C12H16N2O. The Bertz CT molecular complexity index is 399. The number of hydrogen-bond acceptors (Lipinski definition) is 2. The van der Waals surface area contributed by atoms with Crippen LogP contribution in [0.15, 0.2) is 6.07 Å². The Balaban J connectivity index is 2.43. The van der Waals surface area contributed by atoms with Crippen molar-refractivity contribution in [3.63, 3.8) is 0 Å². The molecule has 0 aliphatic heterocycles. The van der Waals surface area contributed by atoms with Crippen LogP contribution in [0.5, 0.6) is 0 Å². The Morgan fingerprint density at radius 2 is 2.13 bits per heavy atom. The predicted octanol–water partition coefficient (Wildman–Crippen LogP) is 2.23. The Hall–Kier alpha value is -1.38. The van der Waals surface area contributed by atoms with Gasteiger partial charge in [-0.1, -0.05) is 0 Å². The maximum Gasteiger partial charge on any atom is 0.221 e. The van der Waals surface area contributed by atoms with Gasteiger partial charge in [0.15, 0.2) is 0 Å². The zero-order chi connectivity index (χ0) is 10.8. The molecule has 1 aliphatic carbocycles. The molecule has 3 nitrogen and oxygen atoms in total. The number of amides is 1. The van der Waals surface area contributed by atoms with E-state index in [1.807, 2.05) is 13.0 Å². The number of aryl methyl sites for hydroxylation is 2. The van der Waals surface area contributed by atoms with Crippen molar-refractivity contribution in [1.82, 2.24) is 4.98 Å². The second-order valence-electron chi connectivity index (χ2n) is 4.12. The molecule has 0 atom stereocenters. The number of rotatable bonds is 1. The zero-order valence-electron chi connectivity index (χ0n) is 9.26.